The van der Waals surface area contributed by atoms with Gasteiger partial charge in [-0.1, -0.05) is 46.8 Å². The quantitative estimate of drug-likeness (QED) is 0.539. The number of ether oxygens (including phenoxy) is 2. The zero-order chi connectivity index (χ0) is 20.8. The molecule has 0 fully saturated rings. The van der Waals surface area contributed by atoms with E-state index in [2.05, 4.69) is 20.8 Å². The molecule has 0 aliphatic heterocycles. The summed E-state index contributed by atoms with van der Waals surface area (Å²) in [5.74, 6) is -2.20. The minimum absolute atomic E-state index is 0.0314. The molecule has 6 nitrogen and oxygen atoms in total. The van der Waals surface area contributed by atoms with E-state index in [9.17, 15) is 14.4 Å². The van der Waals surface area contributed by atoms with E-state index in [1.165, 1.54) is 18.2 Å². The lowest BCUT2D eigenvalue weighted by molar-refractivity contribution is -0.161. The third kappa shape index (κ3) is 6.38. The zero-order valence-electron chi connectivity index (χ0n) is 17.0. The second-order valence-corrected chi connectivity index (χ2v) is 8.43. The number of rotatable bonds is 8. The summed E-state index contributed by atoms with van der Waals surface area (Å²) < 4.78 is 10.4. The molecule has 0 aliphatic rings. The zero-order valence-corrected chi connectivity index (χ0v) is 17.0. The summed E-state index contributed by atoms with van der Waals surface area (Å²) in [6.45, 7) is 11.9. The summed E-state index contributed by atoms with van der Waals surface area (Å²) in [5.41, 5.74) is -0.837. The smallest absolute Gasteiger partial charge is 0.339 e. The Morgan fingerprint density at radius 2 is 1.48 bits per heavy atom. The van der Waals surface area contributed by atoms with Gasteiger partial charge in [0.05, 0.1) is 16.5 Å². The molecule has 1 unspecified atom stereocenters. The highest BCUT2D eigenvalue weighted by atomic mass is 16.6. The van der Waals surface area contributed by atoms with Crippen molar-refractivity contribution < 1.29 is 29.0 Å². The molecule has 0 heterocycles. The van der Waals surface area contributed by atoms with Gasteiger partial charge in [-0.2, -0.15) is 0 Å². The minimum atomic E-state index is -1.20. The third-order valence-corrected chi connectivity index (χ3v) is 4.57. The highest BCUT2D eigenvalue weighted by Crippen LogP contribution is 2.40. The maximum atomic E-state index is 12.6. The maximum Gasteiger partial charge on any atom is 0.339 e. The summed E-state index contributed by atoms with van der Waals surface area (Å²) >= 11 is 0. The largest absolute Gasteiger partial charge is 0.478 e. The highest BCUT2D eigenvalue weighted by Gasteiger charge is 2.41. The molecule has 1 N–H and O–H groups in total. The number of benzene rings is 1. The molecule has 1 aromatic carbocycles. The Hall–Kier alpha value is -2.37. The van der Waals surface area contributed by atoms with E-state index in [1.54, 1.807) is 6.07 Å². The van der Waals surface area contributed by atoms with Gasteiger partial charge >= 0.3 is 17.9 Å². The molecule has 1 rings (SSSR count). The van der Waals surface area contributed by atoms with Gasteiger partial charge in [0.1, 0.15) is 13.2 Å². The van der Waals surface area contributed by atoms with E-state index in [4.69, 9.17) is 14.6 Å². The lowest BCUT2D eigenvalue weighted by Gasteiger charge is -2.36. The fourth-order valence-electron chi connectivity index (χ4n) is 2.97. The van der Waals surface area contributed by atoms with Crippen LogP contribution in [0.3, 0.4) is 0 Å². The normalized spacial score (nSPS) is 13.7. The van der Waals surface area contributed by atoms with E-state index in [-0.39, 0.29) is 41.6 Å². The first-order valence-corrected chi connectivity index (χ1v) is 9.05. The van der Waals surface area contributed by atoms with Gasteiger partial charge in [-0.3, -0.25) is 4.79 Å². The molecule has 0 saturated heterocycles. The van der Waals surface area contributed by atoms with Gasteiger partial charge in [0.2, 0.25) is 0 Å². The Morgan fingerprint density at radius 3 is 1.96 bits per heavy atom. The van der Waals surface area contributed by atoms with Gasteiger partial charge in [0, 0.05) is 0 Å². The van der Waals surface area contributed by atoms with Crippen LogP contribution in [0.5, 0.6) is 0 Å². The average Bonchev–Trinajstić information content (AvgIpc) is 2.56. The van der Waals surface area contributed by atoms with Gasteiger partial charge in [-0.25, -0.2) is 9.59 Å². The van der Waals surface area contributed by atoms with Crippen LogP contribution in [0.1, 0.15) is 68.7 Å². The molecule has 0 spiro atoms. The van der Waals surface area contributed by atoms with Crippen molar-refractivity contribution in [2.24, 2.45) is 16.7 Å². The molecule has 0 amide bonds. The molecule has 0 saturated carbocycles. The summed E-state index contributed by atoms with van der Waals surface area (Å²) in [7, 11) is 0. The molecule has 0 radical (unpaired) electrons. The van der Waals surface area contributed by atoms with Crippen molar-refractivity contribution in [3.63, 3.8) is 0 Å². The summed E-state index contributed by atoms with van der Waals surface area (Å²) in [4.78, 5) is 35.8. The molecule has 150 valence electrons. The number of hydrogen-bond donors (Lipinski definition) is 1. The standard InChI is InChI=1S/C21H30O6/c1-14(2)21(6,13-20(3,4)5)19(25)27-12-11-26-18(24)16-10-8-7-9-15(16)17(22)23/h7-10,14H,11-13H2,1-6H3,(H,22,23). The summed E-state index contributed by atoms with van der Waals surface area (Å²) in [5, 5.41) is 9.12. The Labute approximate surface area is 160 Å². The van der Waals surface area contributed by atoms with E-state index < -0.39 is 17.4 Å². The molecule has 6 heteroatoms. The molecule has 0 bridgehead atoms. The number of carboxylic acids is 1. The van der Waals surface area contributed by atoms with Crippen LogP contribution in [0.2, 0.25) is 0 Å². The summed E-state index contributed by atoms with van der Waals surface area (Å²) in [6.07, 6.45) is 0.669. The van der Waals surface area contributed by atoms with Crippen LogP contribution in [0, 0.1) is 16.7 Å². The van der Waals surface area contributed by atoms with Gasteiger partial charge in [-0.05, 0) is 36.8 Å². The highest BCUT2D eigenvalue weighted by molar-refractivity contribution is 6.02. The fourth-order valence-corrected chi connectivity index (χ4v) is 2.97. The van der Waals surface area contributed by atoms with Crippen molar-refractivity contribution in [2.75, 3.05) is 13.2 Å². The molecule has 0 aliphatic carbocycles. The Balaban J connectivity index is 2.64. The number of aromatic carboxylic acids is 1. The van der Waals surface area contributed by atoms with E-state index in [1.807, 2.05) is 20.8 Å². The monoisotopic (exact) mass is 378 g/mol. The van der Waals surface area contributed by atoms with Crippen molar-refractivity contribution in [3.05, 3.63) is 35.4 Å². The lowest BCUT2D eigenvalue weighted by atomic mass is 9.69. The van der Waals surface area contributed by atoms with Crippen LogP contribution in [0.25, 0.3) is 0 Å². The molecule has 1 aromatic rings. The number of carboxylic acid groups (broad SMARTS) is 1. The van der Waals surface area contributed by atoms with E-state index >= 15 is 0 Å². The lowest BCUT2D eigenvalue weighted by Crippen LogP contribution is -2.39. The first-order valence-electron chi connectivity index (χ1n) is 9.05. The van der Waals surface area contributed by atoms with Crippen LogP contribution in [0.4, 0.5) is 0 Å². The molecular formula is C21H30O6. The predicted octanol–water partition coefficient (Wildman–Crippen LogP) is 4.18. The predicted molar refractivity (Wildman–Crippen MR) is 102 cm³/mol. The third-order valence-electron chi connectivity index (χ3n) is 4.57. The SMILES string of the molecule is CC(C)C(C)(CC(C)(C)C)C(=O)OCCOC(=O)c1ccccc1C(=O)O. The van der Waals surface area contributed by atoms with Gasteiger partial charge < -0.3 is 14.6 Å². The van der Waals surface area contributed by atoms with Gasteiger partial charge in [0.15, 0.2) is 0 Å². The topological polar surface area (TPSA) is 89.9 Å². The second-order valence-electron chi connectivity index (χ2n) is 8.43. The Morgan fingerprint density at radius 1 is 0.963 bits per heavy atom. The van der Waals surface area contributed by atoms with Crippen LogP contribution in [-0.2, 0) is 14.3 Å². The number of carbonyl (C=O) groups excluding carboxylic acids is 2. The van der Waals surface area contributed by atoms with Crippen molar-refractivity contribution in [3.8, 4) is 0 Å². The van der Waals surface area contributed by atoms with E-state index in [0.29, 0.717) is 6.42 Å². The van der Waals surface area contributed by atoms with Crippen LogP contribution in [0.15, 0.2) is 24.3 Å². The van der Waals surface area contributed by atoms with Crippen molar-refractivity contribution >= 4 is 17.9 Å². The fraction of sp³-hybridized carbons (Fsp3) is 0.571. The number of esters is 2. The average molecular weight is 378 g/mol. The maximum absolute atomic E-state index is 12.6. The van der Waals surface area contributed by atoms with Crippen LogP contribution in [-0.4, -0.2) is 36.2 Å². The molecule has 0 aromatic heterocycles. The van der Waals surface area contributed by atoms with Gasteiger partial charge in [0.25, 0.3) is 0 Å². The first kappa shape index (κ1) is 22.7. The van der Waals surface area contributed by atoms with Crippen LogP contribution >= 0.6 is 0 Å². The first-order chi connectivity index (χ1) is 12.4. The summed E-state index contributed by atoms with van der Waals surface area (Å²) in [6, 6.07) is 5.81. The Bertz CT molecular complexity index is 686. The Kier molecular flexibility index (Phi) is 7.57. The van der Waals surface area contributed by atoms with Crippen LogP contribution < -0.4 is 0 Å². The van der Waals surface area contributed by atoms with Crippen molar-refractivity contribution in [1.82, 2.24) is 0 Å². The second kappa shape index (κ2) is 9.02. The molecule has 27 heavy (non-hydrogen) atoms. The molecular weight excluding hydrogens is 348 g/mol. The number of carbonyl (C=O) groups is 3. The van der Waals surface area contributed by atoms with E-state index in [0.717, 1.165) is 0 Å². The minimum Gasteiger partial charge on any atom is -0.478 e. The van der Waals surface area contributed by atoms with Gasteiger partial charge in [-0.15, -0.1) is 0 Å². The van der Waals surface area contributed by atoms with Crippen molar-refractivity contribution in [2.45, 2.75) is 48.0 Å². The number of hydrogen-bond acceptors (Lipinski definition) is 5. The molecule has 1 atom stereocenters. The van der Waals surface area contributed by atoms with Crippen molar-refractivity contribution in [1.29, 1.82) is 0 Å².